The largest absolute Gasteiger partial charge is 0.466 e. The van der Waals surface area contributed by atoms with E-state index in [4.69, 9.17) is 9.47 Å². The molecule has 0 bridgehead atoms. The number of hydrogen-bond donors (Lipinski definition) is 2. The van der Waals surface area contributed by atoms with Gasteiger partial charge in [-0.25, -0.2) is 4.79 Å². The monoisotopic (exact) mass is 308 g/mol. The van der Waals surface area contributed by atoms with E-state index in [1.54, 1.807) is 27.7 Å². The number of carbonyl (C=O) groups excluding carboxylic acids is 2. The summed E-state index contributed by atoms with van der Waals surface area (Å²) in [5, 5.41) is 5.90. The lowest BCUT2D eigenvalue weighted by molar-refractivity contribution is -0.149. The summed E-state index contributed by atoms with van der Waals surface area (Å²) >= 11 is 0. The van der Waals surface area contributed by atoms with Crippen LogP contribution in [0.1, 0.15) is 34.1 Å². The molecule has 0 aromatic heterocycles. The van der Waals surface area contributed by atoms with Crippen molar-refractivity contribution in [3.05, 3.63) is 0 Å². The van der Waals surface area contributed by atoms with Crippen molar-refractivity contribution >= 4 is 24.5 Å². The molecule has 20 heavy (non-hydrogen) atoms. The van der Waals surface area contributed by atoms with Crippen LogP contribution in [0, 0.1) is 5.92 Å². The molecule has 0 aromatic carbocycles. The summed E-state index contributed by atoms with van der Waals surface area (Å²) in [5.41, 5.74) is -0.545. The zero-order valence-corrected chi connectivity index (χ0v) is 13.3. The number of rotatable bonds is 3. The molecule has 0 aromatic rings. The number of piperidine rings is 1. The Morgan fingerprint density at radius 3 is 2.55 bits per heavy atom. The van der Waals surface area contributed by atoms with E-state index in [2.05, 4.69) is 10.6 Å². The molecule has 1 rings (SSSR count). The van der Waals surface area contributed by atoms with Gasteiger partial charge in [-0.05, 0) is 40.7 Å². The molecule has 1 saturated heterocycles. The van der Waals surface area contributed by atoms with Crippen LogP contribution in [-0.2, 0) is 14.3 Å². The molecule has 1 amide bonds. The lowest BCUT2D eigenvalue weighted by Gasteiger charge is -2.31. The van der Waals surface area contributed by atoms with Crippen LogP contribution in [0.2, 0.25) is 0 Å². The molecule has 7 heteroatoms. The lowest BCUT2D eigenvalue weighted by atomic mass is 9.93. The summed E-state index contributed by atoms with van der Waals surface area (Å²) in [6.45, 7) is 8.79. The Morgan fingerprint density at radius 2 is 2.00 bits per heavy atom. The molecule has 118 valence electrons. The van der Waals surface area contributed by atoms with Gasteiger partial charge in [-0.1, -0.05) is 0 Å². The second kappa shape index (κ2) is 8.32. The predicted octanol–water partition coefficient (Wildman–Crippen LogP) is 1.47. The third-order valence-corrected chi connectivity index (χ3v) is 2.77. The van der Waals surface area contributed by atoms with Crippen molar-refractivity contribution in [3.8, 4) is 0 Å². The summed E-state index contributed by atoms with van der Waals surface area (Å²) in [7, 11) is 0. The second-order valence-corrected chi connectivity index (χ2v) is 5.60. The maximum absolute atomic E-state index is 11.8. The molecule has 0 aliphatic carbocycles. The van der Waals surface area contributed by atoms with Crippen LogP contribution >= 0.6 is 12.4 Å². The third kappa shape index (κ3) is 6.43. The Balaban J connectivity index is 0.00000361. The van der Waals surface area contributed by atoms with Gasteiger partial charge >= 0.3 is 12.1 Å². The molecule has 1 aliphatic heterocycles. The van der Waals surface area contributed by atoms with E-state index >= 15 is 0 Å². The fourth-order valence-electron chi connectivity index (χ4n) is 1.99. The minimum Gasteiger partial charge on any atom is -0.466 e. The molecule has 2 unspecified atom stereocenters. The number of halogens is 1. The van der Waals surface area contributed by atoms with Crippen LogP contribution in [0.5, 0.6) is 0 Å². The van der Waals surface area contributed by atoms with Gasteiger partial charge in [-0.2, -0.15) is 0 Å². The van der Waals surface area contributed by atoms with Gasteiger partial charge in [-0.15, -0.1) is 12.4 Å². The molecule has 1 aliphatic rings. The summed E-state index contributed by atoms with van der Waals surface area (Å²) in [5.74, 6) is -0.642. The van der Waals surface area contributed by atoms with Crippen molar-refractivity contribution in [2.45, 2.75) is 45.8 Å². The summed E-state index contributed by atoms with van der Waals surface area (Å²) < 4.78 is 10.2. The van der Waals surface area contributed by atoms with Gasteiger partial charge in [0.2, 0.25) is 0 Å². The standard InChI is InChI=1S/C13H24N2O4.ClH/c1-5-18-11(16)9-8-14-7-6-10(9)15-12(17)19-13(2,3)4;/h9-10,14H,5-8H2,1-4H3,(H,15,17);1H. The molecule has 0 radical (unpaired) electrons. The first-order valence-corrected chi connectivity index (χ1v) is 6.70. The SMILES string of the molecule is CCOC(=O)C1CNCCC1NC(=O)OC(C)(C)C.Cl. The third-order valence-electron chi connectivity index (χ3n) is 2.77. The number of hydrogen-bond acceptors (Lipinski definition) is 5. The zero-order chi connectivity index (χ0) is 14.5. The highest BCUT2D eigenvalue weighted by Gasteiger charge is 2.34. The minimum atomic E-state index is -0.545. The first kappa shape index (κ1) is 19.0. The van der Waals surface area contributed by atoms with Gasteiger partial charge in [0.25, 0.3) is 0 Å². The number of amides is 1. The zero-order valence-electron chi connectivity index (χ0n) is 12.5. The molecule has 6 nitrogen and oxygen atoms in total. The molecule has 0 saturated carbocycles. The van der Waals surface area contributed by atoms with Crippen LogP contribution in [0.25, 0.3) is 0 Å². The van der Waals surface area contributed by atoms with Gasteiger partial charge in [0.05, 0.1) is 12.5 Å². The van der Waals surface area contributed by atoms with Crippen molar-refractivity contribution in [3.63, 3.8) is 0 Å². The van der Waals surface area contributed by atoms with Crippen molar-refractivity contribution in [2.75, 3.05) is 19.7 Å². The van der Waals surface area contributed by atoms with Crippen molar-refractivity contribution in [1.29, 1.82) is 0 Å². The highest BCUT2D eigenvalue weighted by atomic mass is 35.5. The van der Waals surface area contributed by atoms with E-state index in [0.29, 0.717) is 19.6 Å². The number of carbonyl (C=O) groups is 2. The van der Waals surface area contributed by atoms with E-state index in [1.165, 1.54) is 0 Å². The van der Waals surface area contributed by atoms with Gasteiger partial charge in [0.15, 0.2) is 0 Å². The molecule has 1 fully saturated rings. The maximum atomic E-state index is 11.8. The van der Waals surface area contributed by atoms with E-state index in [1.807, 2.05) is 0 Å². The average molecular weight is 309 g/mol. The van der Waals surface area contributed by atoms with Gasteiger partial charge in [0, 0.05) is 12.6 Å². The van der Waals surface area contributed by atoms with Crippen molar-refractivity contribution < 1.29 is 19.1 Å². The quantitative estimate of drug-likeness (QED) is 0.772. The van der Waals surface area contributed by atoms with Gasteiger partial charge in [0.1, 0.15) is 5.60 Å². The molecule has 2 atom stereocenters. The van der Waals surface area contributed by atoms with Crippen LogP contribution in [-0.4, -0.2) is 43.4 Å². The van der Waals surface area contributed by atoms with Gasteiger partial charge < -0.3 is 20.1 Å². The van der Waals surface area contributed by atoms with Crippen LogP contribution in [0.3, 0.4) is 0 Å². The average Bonchev–Trinajstić information content (AvgIpc) is 2.27. The van der Waals surface area contributed by atoms with Crippen LogP contribution in [0.15, 0.2) is 0 Å². The van der Waals surface area contributed by atoms with E-state index < -0.39 is 11.7 Å². The Hall–Kier alpha value is -1.01. The highest BCUT2D eigenvalue weighted by Crippen LogP contribution is 2.15. The predicted molar refractivity (Wildman–Crippen MR) is 78.0 cm³/mol. The second-order valence-electron chi connectivity index (χ2n) is 5.60. The summed E-state index contributed by atoms with van der Waals surface area (Å²) in [6.07, 6.45) is 0.191. The smallest absolute Gasteiger partial charge is 0.407 e. The number of alkyl carbamates (subject to hydrolysis) is 1. The lowest BCUT2D eigenvalue weighted by Crippen LogP contribution is -2.53. The highest BCUT2D eigenvalue weighted by molar-refractivity contribution is 5.85. The molecule has 0 spiro atoms. The Labute approximate surface area is 126 Å². The Kier molecular flexibility index (Phi) is 7.90. The van der Waals surface area contributed by atoms with Crippen molar-refractivity contribution in [2.24, 2.45) is 5.92 Å². The van der Waals surface area contributed by atoms with Crippen LogP contribution in [0.4, 0.5) is 4.79 Å². The number of ether oxygens (including phenoxy) is 2. The maximum Gasteiger partial charge on any atom is 0.407 e. The Bertz CT molecular complexity index is 331. The Morgan fingerprint density at radius 1 is 1.35 bits per heavy atom. The topological polar surface area (TPSA) is 76.7 Å². The summed E-state index contributed by atoms with van der Waals surface area (Å²) in [6, 6.07) is -0.241. The van der Waals surface area contributed by atoms with E-state index in [-0.39, 0.29) is 30.3 Å². The number of esters is 1. The molecule has 1 heterocycles. The fourth-order valence-corrected chi connectivity index (χ4v) is 1.99. The van der Waals surface area contributed by atoms with E-state index in [0.717, 1.165) is 6.54 Å². The first-order valence-electron chi connectivity index (χ1n) is 6.70. The van der Waals surface area contributed by atoms with E-state index in [9.17, 15) is 9.59 Å². The minimum absolute atomic E-state index is 0. The summed E-state index contributed by atoms with van der Waals surface area (Å²) in [4.78, 5) is 23.6. The number of nitrogens with one attached hydrogen (secondary N) is 2. The molecule has 2 N–H and O–H groups in total. The van der Waals surface area contributed by atoms with Gasteiger partial charge in [-0.3, -0.25) is 4.79 Å². The van der Waals surface area contributed by atoms with Crippen molar-refractivity contribution in [1.82, 2.24) is 10.6 Å². The normalized spacial score (nSPS) is 22.4. The fraction of sp³-hybridized carbons (Fsp3) is 0.846. The molecular weight excluding hydrogens is 284 g/mol. The molecular formula is C13H25ClN2O4. The van der Waals surface area contributed by atoms with Crippen LogP contribution < -0.4 is 10.6 Å². The first-order chi connectivity index (χ1) is 8.83.